The molecule has 138 valence electrons. The minimum Gasteiger partial charge on any atom is -0.465 e. The van der Waals surface area contributed by atoms with Gasteiger partial charge in [0.2, 0.25) is 5.91 Å². The van der Waals surface area contributed by atoms with Crippen LogP contribution in [0.15, 0.2) is 24.3 Å². The number of nitrogens with zero attached hydrogens (tertiary/aromatic N) is 1. The van der Waals surface area contributed by atoms with Crippen LogP contribution < -0.4 is 10.6 Å². The van der Waals surface area contributed by atoms with Gasteiger partial charge in [-0.1, -0.05) is 12.1 Å². The van der Waals surface area contributed by atoms with Gasteiger partial charge in [-0.3, -0.25) is 14.5 Å². The lowest BCUT2D eigenvalue weighted by Crippen LogP contribution is -2.46. The van der Waals surface area contributed by atoms with Crippen molar-refractivity contribution in [1.29, 1.82) is 0 Å². The molecular weight excluding hydrogens is 338 g/mol. The van der Waals surface area contributed by atoms with Gasteiger partial charge < -0.3 is 15.4 Å². The smallest absolute Gasteiger partial charge is 0.337 e. The van der Waals surface area contributed by atoms with Crippen molar-refractivity contribution < 1.29 is 23.9 Å². The molecule has 0 radical (unpaired) electrons. The largest absolute Gasteiger partial charge is 0.465 e. The third kappa shape index (κ3) is 3.40. The van der Waals surface area contributed by atoms with Gasteiger partial charge in [0.05, 0.1) is 12.7 Å². The van der Waals surface area contributed by atoms with Crippen LogP contribution >= 0.6 is 0 Å². The molecule has 1 aliphatic heterocycles. The first-order valence-corrected chi connectivity index (χ1v) is 8.43. The molecule has 0 spiro atoms. The molecule has 26 heavy (non-hydrogen) atoms. The van der Waals surface area contributed by atoms with Gasteiger partial charge in [-0.15, -0.1) is 0 Å². The second-order valence-corrected chi connectivity index (χ2v) is 6.76. The minimum atomic E-state index is -0.888. The molecule has 8 heteroatoms. The summed E-state index contributed by atoms with van der Waals surface area (Å²) in [4.78, 5) is 49.0. The van der Waals surface area contributed by atoms with Crippen molar-refractivity contribution >= 4 is 23.8 Å². The summed E-state index contributed by atoms with van der Waals surface area (Å²) in [5, 5.41) is 5.38. The summed E-state index contributed by atoms with van der Waals surface area (Å²) in [6.07, 6.45) is 1.81. The van der Waals surface area contributed by atoms with Gasteiger partial charge in [-0.25, -0.2) is 9.59 Å². The maximum atomic E-state index is 12.5. The average molecular weight is 359 g/mol. The van der Waals surface area contributed by atoms with Crippen molar-refractivity contribution in [1.82, 2.24) is 15.5 Å². The zero-order valence-electron chi connectivity index (χ0n) is 14.7. The van der Waals surface area contributed by atoms with Crippen LogP contribution in [0.2, 0.25) is 0 Å². The maximum Gasteiger partial charge on any atom is 0.337 e. The number of hydrogen-bond acceptors (Lipinski definition) is 5. The molecule has 3 rings (SSSR count). The molecule has 2 aliphatic rings. The van der Waals surface area contributed by atoms with Gasteiger partial charge in [0.15, 0.2) is 0 Å². The number of ether oxygens (including phenoxy) is 1. The van der Waals surface area contributed by atoms with E-state index in [0.717, 1.165) is 23.3 Å². The van der Waals surface area contributed by atoms with E-state index in [2.05, 4.69) is 15.4 Å². The Labute approximate surface area is 150 Å². The highest BCUT2D eigenvalue weighted by atomic mass is 16.5. The van der Waals surface area contributed by atoms with Crippen molar-refractivity contribution in [2.24, 2.45) is 5.92 Å². The molecule has 1 atom stereocenters. The number of carbonyl (C=O) groups excluding carboxylic acids is 4. The van der Waals surface area contributed by atoms with Crippen molar-refractivity contribution in [3.63, 3.8) is 0 Å². The lowest BCUT2D eigenvalue weighted by atomic mass is 9.96. The average Bonchev–Trinajstić information content (AvgIpc) is 3.46. The van der Waals surface area contributed by atoms with Crippen LogP contribution in [-0.4, -0.2) is 47.9 Å². The summed E-state index contributed by atoms with van der Waals surface area (Å²) < 4.78 is 4.62. The Bertz CT molecular complexity index is 757. The third-order valence-corrected chi connectivity index (χ3v) is 4.86. The Kier molecular flexibility index (Phi) is 4.67. The highest BCUT2D eigenvalue weighted by Gasteiger charge is 2.56. The molecule has 1 aliphatic carbocycles. The molecule has 1 aromatic rings. The summed E-state index contributed by atoms with van der Waals surface area (Å²) in [5.74, 6) is -1.05. The quantitative estimate of drug-likeness (QED) is 0.578. The lowest BCUT2D eigenvalue weighted by molar-refractivity contribution is -0.135. The lowest BCUT2D eigenvalue weighted by Gasteiger charge is -2.20. The van der Waals surface area contributed by atoms with E-state index in [1.165, 1.54) is 7.11 Å². The van der Waals surface area contributed by atoms with Crippen LogP contribution in [0.1, 0.15) is 35.7 Å². The predicted molar refractivity (Wildman–Crippen MR) is 91.0 cm³/mol. The highest BCUT2D eigenvalue weighted by Crippen LogP contribution is 2.42. The first-order valence-electron chi connectivity index (χ1n) is 8.43. The number of benzene rings is 1. The molecule has 0 bridgehead atoms. The van der Waals surface area contributed by atoms with Gasteiger partial charge in [-0.2, -0.15) is 0 Å². The number of hydrogen-bond donors (Lipinski definition) is 2. The monoisotopic (exact) mass is 359 g/mol. The summed E-state index contributed by atoms with van der Waals surface area (Å²) in [5.41, 5.74) is 0.313. The van der Waals surface area contributed by atoms with E-state index in [9.17, 15) is 19.2 Å². The van der Waals surface area contributed by atoms with Gasteiger partial charge in [0.25, 0.3) is 5.91 Å². The van der Waals surface area contributed by atoms with E-state index in [0.29, 0.717) is 5.56 Å². The SMILES string of the molecule is COC(=O)c1ccc(CNC(=O)CN2C(=O)N[C@@](C)(C3CC3)C2=O)cc1. The Morgan fingerprint density at radius 3 is 2.50 bits per heavy atom. The zero-order chi connectivity index (χ0) is 18.9. The van der Waals surface area contributed by atoms with Crippen molar-refractivity contribution in [3.8, 4) is 0 Å². The van der Waals surface area contributed by atoms with Gasteiger partial charge in [0.1, 0.15) is 12.1 Å². The van der Waals surface area contributed by atoms with Crippen molar-refractivity contribution in [2.75, 3.05) is 13.7 Å². The highest BCUT2D eigenvalue weighted by molar-refractivity contribution is 6.09. The van der Waals surface area contributed by atoms with Crippen molar-refractivity contribution in [3.05, 3.63) is 35.4 Å². The topological polar surface area (TPSA) is 105 Å². The number of rotatable bonds is 6. The predicted octanol–water partition coefficient (Wildman–Crippen LogP) is 0.810. The molecule has 1 saturated carbocycles. The molecule has 0 aromatic heterocycles. The van der Waals surface area contributed by atoms with Crippen molar-refractivity contribution in [2.45, 2.75) is 31.8 Å². The molecular formula is C18H21N3O5. The molecule has 2 fully saturated rings. The van der Waals surface area contributed by atoms with E-state index < -0.39 is 23.4 Å². The van der Waals surface area contributed by atoms with E-state index >= 15 is 0 Å². The molecule has 2 N–H and O–H groups in total. The molecule has 8 nitrogen and oxygen atoms in total. The second kappa shape index (κ2) is 6.78. The Hall–Kier alpha value is -2.90. The number of amides is 4. The molecule has 1 aromatic carbocycles. The first-order chi connectivity index (χ1) is 12.3. The summed E-state index contributed by atoms with van der Waals surface area (Å²) in [7, 11) is 1.31. The van der Waals surface area contributed by atoms with Gasteiger partial charge >= 0.3 is 12.0 Å². The Morgan fingerprint density at radius 2 is 1.92 bits per heavy atom. The molecule has 1 heterocycles. The maximum absolute atomic E-state index is 12.5. The fourth-order valence-corrected chi connectivity index (χ4v) is 3.07. The van der Waals surface area contributed by atoms with Crippen LogP contribution in [0.3, 0.4) is 0 Å². The van der Waals surface area contributed by atoms with E-state index in [1.807, 2.05) is 0 Å². The summed E-state index contributed by atoms with van der Waals surface area (Å²) in [6.45, 7) is 1.63. The summed E-state index contributed by atoms with van der Waals surface area (Å²) >= 11 is 0. The number of esters is 1. The third-order valence-electron chi connectivity index (χ3n) is 4.86. The number of urea groups is 1. The molecule has 1 saturated heterocycles. The summed E-state index contributed by atoms with van der Waals surface area (Å²) in [6, 6.07) is 6.08. The number of imide groups is 1. The van der Waals surface area contributed by atoms with E-state index in [1.54, 1.807) is 31.2 Å². The standard InChI is InChI=1S/C18H21N3O5/c1-18(13-7-8-13)16(24)21(17(25)20-18)10-14(22)19-9-11-3-5-12(6-4-11)15(23)26-2/h3-6,13H,7-10H2,1-2H3,(H,19,22)(H,20,25)/t18-/m0/s1. The number of nitrogens with one attached hydrogen (secondary N) is 2. The zero-order valence-corrected chi connectivity index (χ0v) is 14.7. The Morgan fingerprint density at radius 1 is 1.27 bits per heavy atom. The minimum absolute atomic E-state index is 0.153. The molecule has 0 unspecified atom stereocenters. The normalized spacial score (nSPS) is 22.2. The van der Waals surface area contributed by atoms with Crippen LogP contribution in [-0.2, 0) is 20.9 Å². The number of methoxy groups -OCH3 is 1. The fourth-order valence-electron chi connectivity index (χ4n) is 3.07. The first kappa shape index (κ1) is 17.9. The van der Waals surface area contributed by atoms with Crippen LogP contribution in [0.4, 0.5) is 4.79 Å². The number of carbonyl (C=O) groups is 4. The van der Waals surface area contributed by atoms with Crippen LogP contribution in [0.25, 0.3) is 0 Å². The van der Waals surface area contributed by atoms with E-state index in [4.69, 9.17) is 0 Å². The van der Waals surface area contributed by atoms with Crippen LogP contribution in [0.5, 0.6) is 0 Å². The van der Waals surface area contributed by atoms with Gasteiger partial charge in [0, 0.05) is 6.54 Å². The second-order valence-electron chi connectivity index (χ2n) is 6.76. The molecule has 4 amide bonds. The van der Waals surface area contributed by atoms with Gasteiger partial charge in [-0.05, 0) is 43.4 Å². The van der Waals surface area contributed by atoms with Crippen LogP contribution in [0, 0.1) is 5.92 Å². The fraction of sp³-hybridized carbons (Fsp3) is 0.444. The van der Waals surface area contributed by atoms with E-state index in [-0.39, 0.29) is 24.9 Å². The Balaban J connectivity index is 1.53.